The third-order valence-electron chi connectivity index (χ3n) is 3.95. The van der Waals surface area contributed by atoms with Gasteiger partial charge in [-0.2, -0.15) is 5.10 Å². The minimum Gasteiger partial charge on any atom is -0.366 e. The largest absolute Gasteiger partial charge is 0.366 e. The summed E-state index contributed by atoms with van der Waals surface area (Å²) in [5.74, 6) is 1.39. The van der Waals surface area contributed by atoms with E-state index in [0.717, 1.165) is 17.8 Å². The molecule has 1 saturated heterocycles. The van der Waals surface area contributed by atoms with E-state index >= 15 is 0 Å². The second-order valence-corrected chi connectivity index (χ2v) is 6.52. The van der Waals surface area contributed by atoms with Gasteiger partial charge in [0.1, 0.15) is 11.9 Å². The van der Waals surface area contributed by atoms with E-state index in [2.05, 4.69) is 20.5 Å². The number of nitrogens with zero attached hydrogens (tertiary/aromatic N) is 3. The number of hydrogen-bond donors (Lipinski definition) is 2. The molecule has 134 valence electrons. The average molecular weight is 384 g/mol. The number of urea groups is 1. The Kier molecular flexibility index (Phi) is 5.78. The Balaban J connectivity index is 1.57. The summed E-state index contributed by atoms with van der Waals surface area (Å²) in [4.78, 5) is 18.5. The van der Waals surface area contributed by atoms with Gasteiger partial charge in [-0.15, -0.1) is 0 Å². The number of ether oxygens (including phenoxy) is 1. The molecule has 7 nitrogen and oxygen atoms in total. The first kappa shape index (κ1) is 18.0. The summed E-state index contributed by atoms with van der Waals surface area (Å²) in [5.41, 5.74) is 0.883. The number of aryl methyl sites for hydroxylation is 1. The van der Waals surface area contributed by atoms with Crippen LogP contribution in [0.25, 0.3) is 0 Å². The number of halogens is 2. The van der Waals surface area contributed by atoms with E-state index < -0.39 is 0 Å². The quantitative estimate of drug-likeness (QED) is 0.849. The average Bonchev–Trinajstić information content (AvgIpc) is 3.12. The van der Waals surface area contributed by atoms with E-state index in [4.69, 9.17) is 27.9 Å². The maximum Gasteiger partial charge on any atom is 0.317 e. The van der Waals surface area contributed by atoms with Crippen LogP contribution in [0, 0.1) is 0 Å². The van der Waals surface area contributed by atoms with E-state index in [-0.39, 0.29) is 12.1 Å². The Morgan fingerprint density at radius 1 is 1.44 bits per heavy atom. The van der Waals surface area contributed by atoms with Crippen molar-refractivity contribution in [2.45, 2.75) is 26.0 Å². The lowest BCUT2D eigenvalue weighted by molar-refractivity contribution is -0.0198. The van der Waals surface area contributed by atoms with E-state index in [0.29, 0.717) is 42.1 Å². The minimum absolute atomic E-state index is 0.161. The summed E-state index contributed by atoms with van der Waals surface area (Å²) in [7, 11) is 0. The van der Waals surface area contributed by atoms with E-state index in [1.165, 1.54) is 0 Å². The monoisotopic (exact) mass is 383 g/mol. The van der Waals surface area contributed by atoms with Gasteiger partial charge in [-0.05, 0) is 17.7 Å². The van der Waals surface area contributed by atoms with Crippen LogP contribution in [0.5, 0.6) is 0 Å². The van der Waals surface area contributed by atoms with Crippen LogP contribution < -0.4 is 5.32 Å². The van der Waals surface area contributed by atoms with Crippen LogP contribution in [0.3, 0.4) is 0 Å². The minimum atomic E-state index is -0.318. The summed E-state index contributed by atoms with van der Waals surface area (Å²) in [5, 5.41) is 10.9. The number of carbonyl (C=O) groups is 1. The van der Waals surface area contributed by atoms with Crippen molar-refractivity contribution in [1.29, 1.82) is 0 Å². The fourth-order valence-electron chi connectivity index (χ4n) is 2.54. The van der Waals surface area contributed by atoms with Crippen LogP contribution in [0.1, 0.15) is 30.2 Å². The van der Waals surface area contributed by atoms with Crippen molar-refractivity contribution >= 4 is 29.2 Å². The number of carbonyl (C=O) groups excluding carboxylic acids is 1. The molecule has 1 atom stereocenters. The molecule has 2 amide bonds. The molecule has 1 aliphatic rings. The number of hydrogen-bond acceptors (Lipinski definition) is 4. The molecule has 1 aliphatic heterocycles. The Morgan fingerprint density at radius 3 is 3.00 bits per heavy atom. The zero-order valence-corrected chi connectivity index (χ0v) is 15.3. The van der Waals surface area contributed by atoms with Gasteiger partial charge in [-0.1, -0.05) is 36.2 Å². The van der Waals surface area contributed by atoms with Gasteiger partial charge in [0.2, 0.25) is 0 Å². The van der Waals surface area contributed by atoms with Gasteiger partial charge in [-0.3, -0.25) is 5.10 Å². The SMILES string of the molecule is CCc1nc(C2CN(C(=O)NCc3ccc(Cl)c(Cl)c3)CCO2)n[nH]1. The van der Waals surface area contributed by atoms with Gasteiger partial charge >= 0.3 is 6.03 Å². The lowest BCUT2D eigenvalue weighted by Crippen LogP contribution is -2.47. The van der Waals surface area contributed by atoms with Gasteiger partial charge < -0.3 is 15.0 Å². The lowest BCUT2D eigenvalue weighted by Gasteiger charge is -2.31. The van der Waals surface area contributed by atoms with Gasteiger partial charge in [0.05, 0.1) is 23.2 Å². The van der Waals surface area contributed by atoms with Crippen LogP contribution in [-0.2, 0) is 17.7 Å². The van der Waals surface area contributed by atoms with E-state index in [9.17, 15) is 4.79 Å². The van der Waals surface area contributed by atoms with Crippen molar-refractivity contribution in [3.63, 3.8) is 0 Å². The van der Waals surface area contributed by atoms with Crippen LogP contribution in [-0.4, -0.2) is 45.8 Å². The number of H-pyrrole nitrogens is 1. The highest BCUT2D eigenvalue weighted by Crippen LogP contribution is 2.23. The third kappa shape index (κ3) is 4.42. The first-order valence-corrected chi connectivity index (χ1v) is 8.82. The van der Waals surface area contributed by atoms with Crippen LogP contribution >= 0.6 is 23.2 Å². The van der Waals surface area contributed by atoms with Gasteiger partial charge in [-0.25, -0.2) is 9.78 Å². The maximum absolute atomic E-state index is 12.4. The third-order valence-corrected chi connectivity index (χ3v) is 4.69. The molecule has 0 bridgehead atoms. The Bertz CT molecular complexity index is 752. The van der Waals surface area contributed by atoms with Crippen molar-refractivity contribution in [3.05, 3.63) is 45.5 Å². The number of nitrogens with one attached hydrogen (secondary N) is 2. The number of amides is 2. The zero-order chi connectivity index (χ0) is 17.8. The number of morpholine rings is 1. The number of benzene rings is 1. The second-order valence-electron chi connectivity index (χ2n) is 5.71. The number of aromatic amines is 1. The highest BCUT2D eigenvalue weighted by atomic mass is 35.5. The summed E-state index contributed by atoms with van der Waals surface area (Å²) < 4.78 is 5.70. The molecule has 0 aliphatic carbocycles. The van der Waals surface area contributed by atoms with E-state index in [1.807, 2.05) is 13.0 Å². The molecule has 2 N–H and O–H groups in total. The molecular weight excluding hydrogens is 365 g/mol. The summed E-state index contributed by atoms with van der Waals surface area (Å²) in [6.45, 7) is 3.75. The molecule has 2 aromatic rings. The Hall–Kier alpha value is -1.83. The zero-order valence-electron chi connectivity index (χ0n) is 13.8. The Labute approximate surface area is 155 Å². The predicted octanol–water partition coefficient (Wildman–Crippen LogP) is 2.96. The molecule has 2 heterocycles. The number of aromatic nitrogens is 3. The van der Waals surface area contributed by atoms with Crippen molar-refractivity contribution in [2.75, 3.05) is 19.7 Å². The van der Waals surface area contributed by atoms with Gasteiger partial charge in [0.25, 0.3) is 0 Å². The fourth-order valence-corrected chi connectivity index (χ4v) is 2.86. The molecule has 0 spiro atoms. The molecule has 9 heteroatoms. The number of rotatable bonds is 4. The predicted molar refractivity (Wildman–Crippen MR) is 94.7 cm³/mol. The van der Waals surface area contributed by atoms with Crippen LogP contribution in [0.4, 0.5) is 4.79 Å². The molecule has 3 rings (SSSR count). The van der Waals surface area contributed by atoms with Gasteiger partial charge in [0, 0.05) is 19.5 Å². The molecule has 25 heavy (non-hydrogen) atoms. The molecule has 0 saturated carbocycles. The van der Waals surface area contributed by atoms with Crippen molar-refractivity contribution in [2.24, 2.45) is 0 Å². The second kappa shape index (κ2) is 8.03. The molecule has 0 radical (unpaired) electrons. The molecule has 1 aromatic heterocycles. The first-order chi connectivity index (χ1) is 12.1. The van der Waals surface area contributed by atoms with Crippen molar-refractivity contribution in [1.82, 2.24) is 25.4 Å². The summed E-state index contributed by atoms with van der Waals surface area (Å²) in [6, 6.07) is 5.12. The molecule has 1 aromatic carbocycles. The van der Waals surface area contributed by atoms with Crippen LogP contribution in [0.2, 0.25) is 10.0 Å². The lowest BCUT2D eigenvalue weighted by atomic mass is 10.2. The topological polar surface area (TPSA) is 83.1 Å². The standard InChI is InChI=1S/C16H19Cl2N5O2/c1-2-14-20-15(22-21-14)13-9-23(5-6-25-13)16(24)19-8-10-3-4-11(17)12(18)7-10/h3-4,7,13H,2,5-6,8-9H2,1H3,(H,19,24)(H,20,21,22). The molecular formula is C16H19Cl2N5O2. The smallest absolute Gasteiger partial charge is 0.317 e. The molecule has 1 unspecified atom stereocenters. The summed E-state index contributed by atoms with van der Waals surface area (Å²) >= 11 is 11.9. The van der Waals surface area contributed by atoms with Crippen LogP contribution in [0.15, 0.2) is 18.2 Å². The first-order valence-electron chi connectivity index (χ1n) is 8.06. The Morgan fingerprint density at radius 2 is 2.28 bits per heavy atom. The van der Waals surface area contributed by atoms with Crippen molar-refractivity contribution in [3.8, 4) is 0 Å². The highest BCUT2D eigenvalue weighted by Gasteiger charge is 2.28. The normalized spacial score (nSPS) is 17.6. The highest BCUT2D eigenvalue weighted by molar-refractivity contribution is 6.42. The fraction of sp³-hybridized carbons (Fsp3) is 0.438. The van der Waals surface area contributed by atoms with E-state index in [1.54, 1.807) is 17.0 Å². The molecule has 1 fully saturated rings. The maximum atomic E-state index is 12.4. The van der Waals surface area contributed by atoms with Gasteiger partial charge in [0.15, 0.2) is 5.82 Å². The summed E-state index contributed by atoms with van der Waals surface area (Å²) in [6.07, 6.45) is 0.453. The van der Waals surface area contributed by atoms with Crippen molar-refractivity contribution < 1.29 is 9.53 Å².